The first kappa shape index (κ1) is 27.6. The molecule has 2 heterocycles. The summed E-state index contributed by atoms with van der Waals surface area (Å²) in [6.45, 7) is 7.04. The van der Waals surface area contributed by atoms with Gasteiger partial charge in [-0.2, -0.15) is 0 Å². The van der Waals surface area contributed by atoms with Crippen molar-refractivity contribution < 1.29 is 19.1 Å². The molecule has 0 saturated carbocycles. The molecule has 4 aromatic rings. The number of hydrogen-bond acceptors (Lipinski definition) is 4. The van der Waals surface area contributed by atoms with Crippen molar-refractivity contribution in [2.45, 2.75) is 58.3 Å². The second-order valence-corrected chi connectivity index (χ2v) is 11.5. The van der Waals surface area contributed by atoms with Crippen molar-refractivity contribution in [2.75, 3.05) is 11.4 Å². The van der Waals surface area contributed by atoms with Crippen molar-refractivity contribution in [3.05, 3.63) is 124 Å². The number of carbonyl (C=O) groups is 2. The second-order valence-electron chi connectivity index (χ2n) is 11.5. The summed E-state index contributed by atoms with van der Waals surface area (Å²) >= 11 is 0. The van der Waals surface area contributed by atoms with E-state index in [1.54, 1.807) is 17.0 Å². The highest BCUT2D eigenvalue weighted by atomic mass is 16.5. The molecule has 4 aromatic carbocycles. The van der Waals surface area contributed by atoms with Crippen LogP contribution in [0, 0.1) is 13.8 Å². The molecule has 0 radical (unpaired) electrons. The van der Waals surface area contributed by atoms with Gasteiger partial charge in [-0.25, -0.2) is 0 Å². The minimum atomic E-state index is -0.921. The summed E-state index contributed by atoms with van der Waals surface area (Å²) in [6.07, 6.45) is 1.76. The van der Waals surface area contributed by atoms with Gasteiger partial charge in [-0.3, -0.25) is 14.5 Å². The molecule has 1 saturated heterocycles. The van der Waals surface area contributed by atoms with Crippen molar-refractivity contribution in [2.24, 2.45) is 0 Å². The molecule has 1 fully saturated rings. The summed E-state index contributed by atoms with van der Waals surface area (Å²) in [5.41, 5.74) is 5.91. The van der Waals surface area contributed by atoms with Crippen LogP contribution in [0.25, 0.3) is 0 Å². The molecule has 2 aliphatic heterocycles. The average Bonchev–Trinajstić information content (AvgIpc) is 2.97. The van der Waals surface area contributed by atoms with Crippen LogP contribution in [0.5, 0.6) is 11.5 Å². The number of benzene rings is 4. The van der Waals surface area contributed by atoms with Gasteiger partial charge < -0.3 is 14.8 Å². The average molecular weight is 561 g/mol. The molecule has 2 bridgehead atoms. The predicted octanol–water partition coefficient (Wildman–Crippen LogP) is 6.87. The van der Waals surface area contributed by atoms with Crippen molar-refractivity contribution in [3.63, 3.8) is 0 Å². The normalized spacial score (nSPS) is 19.1. The van der Waals surface area contributed by atoms with Crippen LogP contribution in [-0.4, -0.2) is 24.1 Å². The summed E-state index contributed by atoms with van der Waals surface area (Å²) in [4.78, 5) is 28.4. The lowest BCUT2D eigenvalue weighted by atomic mass is 9.80. The molecule has 6 rings (SSSR count). The largest absolute Gasteiger partial charge is 0.485 e. The Morgan fingerprint density at radius 1 is 1.00 bits per heavy atom. The zero-order valence-corrected chi connectivity index (χ0v) is 24.4. The van der Waals surface area contributed by atoms with Gasteiger partial charge in [-0.1, -0.05) is 72.3 Å². The number of aryl methyl sites for hydroxylation is 2. The summed E-state index contributed by atoms with van der Waals surface area (Å²) in [7, 11) is 0. The molecule has 42 heavy (non-hydrogen) atoms. The molecular formula is C36H36N2O4. The Labute approximate surface area is 247 Å². The van der Waals surface area contributed by atoms with E-state index < -0.39 is 5.72 Å². The highest BCUT2D eigenvalue weighted by Crippen LogP contribution is 2.52. The molecule has 0 aliphatic carbocycles. The van der Waals surface area contributed by atoms with Crippen LogP contribution in [0.1, 0.15) is 63.9 Å². The van der Waals surface area contributed by atoms with E-state index in [0.717, 1.165) is 17.5 Å². The zero-order valence-electron chi connectivity index (χ0n) is 24.4. The maximum absolute atomic E-state index is 13.6. The molecule has 214 valence electrons. The van der Waals surface area contributed by atoms with Gasteiger partial charge in [0.25, 0.3) is 5.91 Å². The van der Waals surface area contributed by atoms with E-state index in [1.165, 1.54) is 16.7 Å². The maximum Gasteiger partial charge on any atom is 0.251 e. The quantitative estimate of drug-likeness (QED) is 0.255. The number of nitrogens with one attached hydrogen (secondary N) is 1. The molecule has 6 nitrogen and oxygen atoms in total. The number of amides is 2. The number of anilines is 1. The Morgan fingerprint density at radius 3 is 2.60 bits per heavy atom. The smallest absolute Gasteiger partial charge is 0.251 e. The molecule has 2 amide bonds. The summed E-state index contributed by atoms with van der Waals surface area (Å²) in [5, 5.41) is 3.02. The molecule has 1 N–H and O–H groups in total. The van der Waals surface area contributed by atoms with Gasteiger partial charge in [0.1, 0.15) is 6.61 Å². The number of nitrogens with zero attached hydrogens (tertiary/aromatic N) is 1. The van der Waals surface area contributed by atoms with Crippen LogP contribution in [0.2, 0.25) is 0 Å². The van der Waals surface area contributed by atoms with Crippen LogP contribution in [0.3, 0.4) is 0 Å². The second kappa shape index (κ2) is 11.4. The van der Waals surface area contributed by atoms with Gasteiger partial charge >= 0.3 is 0 Å². The maximum atomic E-state index is 13.6. The lowest BCUT2D eigenvalue weighted by molar-refractivity contribution is -0.127. The fourth-order valence-electron chi connectivity index (χ4n) is 6.10. The van der Waals surface area contributed by atoms with Crippen LogP contribution in [0.15, 0.2) is 91.0 Å². The molecule has 0 spiro atoms. The number of hydrogen-bond donors (Lipinski definition) is 1. The minimum absolute atomic E-state index is 0.0254. The van der Waals surface area contributed by atoms with E-state index in [9.17, 15) is 9.59 Å². The molecule has 2 atom stereocenters. The van der Waals surface area contributed by atoms with E-state index in [-0.39, 0.29) is 17.7 Å². The topological polar surface area (TPSA) is 67.9 Å². The molecule has 2 aliphatic rings. The van der Waals surface area contributed by atoms with E-state index in [2.05, 4.69) is 55.6 Å². The van der Waals surface area contributed by atoms with Crippen LogP contribution >= 0.6 is 0 Å². The molecule has 0 aromatic heterocycles. The Hall–Kier alpha value is -4.58. The predicted molar refractivity (Wildman–Crippen MR) is 164 cm³/mol. The van der Waals surface area contributed by atoms with Crippen molar-refractivity contribution in [1.29, 1.82) is 0 Å². The van der Waals surface area contributed by atoms with Crippen molar-refractivity contribution >= 4 is 17.5 Å². The Balaban J connectivity index is 1.21. The summed E-state index contributed by atoms with van der Waals surface area (Å²) in [5.74, 6) is 1.19. The number of fused-ring (bicyclic) bond motifs is 4. The number of ether oxygens (including phenoxy) is 2. The molecule has 2 unspecified atom stereocenters. The zero-order chi connectivity index (χ0) is 29.3. The van der Waals surface area contributed by atoms with Gasteiger partial charge in [-0.15, -0.1) is 0 Å². The third kappa shape index (κ3) is 5.49. The third-order valence-electron chi connectivity index (χ3n) is 8.37. The number of para-hydroxylation sites is 1. The highest BCUT2D eigenvalue weighted by Gasteiger charge is 2.50. The number of carbonyl (C=O) groups excluding carboxylic acids is 2. The fraction of sp³-hybridized carbons (Fsp3) is 0.278. The van der Waals surface area contributed by atoms with Crippen molar-refractivity contribution in [1.82, 2.24) is 5.32 Å². The SMILES string of the molecule is Cc1ccc(CCNC(=O)c2cccc(N3C(=O)CC4CC3(C)Oc3c(OCc5ccccc5C)cccc34)c2)cc1. The first-order chi connectivity index (χ1) is 20.3. The van der Waals surface area contributed by atoms with Gasteiger partial charge in [0, 0.05) is 42.1 Å². The first-order valence-electron chi connectivity index (χ1n) is 14.6. The van der Waals surface area contributed by atoms with E-state index in [4.69, 9.17) is 9.47 Å². The van der Waals surface area contributed by atoms with Gasteiger partial charge in [0.15, 0.2) is 17.2 Å². The summed E-state index contributed by atoms with van der Waals surface area (Å²) in [6, 6.07) is 29.7. The van der Waals surface area contributed by atoms with Crippen LogP contribution < -0.4 is 19.7 Å². The van der Waals surface area contributed by atoms with Crippen molar-refractivity contribution in [3.8, 4) is 11.5 Å². The number of rotatable bonds is 8. The Bertz CT molecular complexity index is 1630. The minimum Gasteiger partial charge on any atom is -0.485 e. The summed E-state index contributed by atoms with van der Waals surface area (Å²) < 4.78 is 13.0. The van der Waals surface area contributed by atoms with Crippen LogP contribution in [-0.2, 0) is 17.8 Å². The van der Waals surface area contributed by atoms with Gasteiger partial charge in [0.2, 0.25) is 5.91 Å². The lowest BCUT2D eigenvalue weighted by Crippen LogP contribution is -2.60. The third-order valence-corrected chi connectivity index (χ3v) is 8.37. The Kier molecular flexibility index (Phi) is 7.46. The number of piperidine rings is 1. The van der Waals surface area contributed by atoms with Gasteiger partial charge in [0.05, 0.1) is 0 Å². The lowest BCUT2D eigenvalue weighted by Gasteiger charge is -2.50. The molecular weight excluding hydrogens is 524 g/mol. The van der Waals surface area contributed by atoms with E-state index in [0.29, 0.717) is 48.7 Å². The standard InChI is InChI=1S/C36H36N2O4/c1-24-14-16-26(17-15-24)18-19-37-35(40)27-10-6-11-30(20-27)38-33(39)21-29-22-36(38,3)42-34-31(29)12-7-13-32(34)41-23-28-9-5-4-8-25(28)2/h4-17,20,29H,18-19,21-23H2,1-3H3,(H,37,40). The van der Waals surface area contributed by atoms with E-state index >= 15 is 0 Å². The molecule has 6 heteroatoms. The van der Waals surface area contributed by atoms with Crippen LogP contribution in [0.4, 0.5) is 5.69 Å². The Morgan fingerprint density at radius 2 is 1.79 bits per heavy atom. The fourth-order valence-corrected chi connectivity index (χ4v) is 6.10. The first-order valence-corrected chi connectivity index (χ1v) is 14.6. The van der Waals surface area contributed by atoms with Gasteiger partial charge in [-0.05, 0) is 68.1 Å². The monoisotopic (exact) mass is 560 g/mol. The van der Waals surface area contributed by atoms with E-state index in [1.807, 2.05) is 49.4 Å². The highest BCUT2D eigenvalue weighted by molar-refractivity contribution is 5.99.